The van der Waals surface area contributed by atoms with Crippen molar-refractivity contribution in [3.8, 4) is 11.5 Å². The first-order chi connectivity index (χ1) is 6.72. The maximum atomic E-state index is 9.55. The Hall–Kier alpha value is -1.91. The number of fused-ring (bicyclic) bond motifs is 1. The number of hydrogen-bond acceptors (Lipinski definition) is 4. The molecule has 1 heterocycles. The molecule has 0 spiro atoms. The zero-order valence-electron chi connectivity index (χ0n) is 7.40. The summed E-state index contributed by atoms with van der Waals surface area (Å²) in [4.78, 5) is 0. The molecule has 0 saturated carbocycles. The summed E-state index contributed by atoms with van der Waals surface area (Å²) in [6.45, 7) is 0.606. The summed E-state index contributed by atoms with van der Waals surface area (Å²) in [7, 11) is 0. The Morgan fingerprint density at radius 3 is 3.00 bits per heavy atom. The number of nitrogens with two attached hydrogens (primary N) is 1. The van der Waals surface area contributed by atoms with Gasteiger partial charge in [0.15, 0.2) is 5.84 Å². The molecule has 0 saturated heterocycles. The third kappa shape index (κ3) is 1.22. The van der Waals surface area contributed by atoms with E-state index < -0.39 is 0 Å². The topological polar surface area (TPSA) is 88.1 Å². The number of amidine groups is 1. The normalized spacial score (nSPS) is 15.0. The predicted molar refractivity (Wildman–Crippen MR) is 49.8 cm³/mol. The minimum atomic E-state index is -0.124. The number of ether oxygens (including phenoxy) is 1. The molecule has 74 valence electrons. The molecule has 0 fully saturated rings. The van der Waals surface area contributed by atoms with E-state index >= 15 is 0 Å². The van der Waals surface area contributed by atoms with E-state index in [4.69, 9.17) is 15.7 Å². The van der Waals surface area contributed by atoms with Crippen LogP contribution in [0.1, 0.15) is 11.1 Å². The molecule has 1 aromatic rings. The lowest BCUT2D eigenvalue weighted by Crippen LogP contribution is -2.13. The van der Waals surface area contributed by atoms with Crippen LogP contribution in [0.3, 0.4) is 0 Å². The van der Waals surface area contributed by atoms with E-state index in [0.29, 0.717) is 12.4 Å². The Morgan fingerprint density at radius 2 is 2.29 bits per heavy atom. The molecule has 1 aliphatic rings. The molecule has 0 amide bonds. The quantitative estimate of drug-likeness (QED) is 0.261. The SMILES string of the molecule is N/C(=N/O)c1cc2c(cc1O)CCO2. The van der Waals surface area contributed by atoms with Crippen molar-refractivity contribution in [1.29, 1.82) is 0 Å². The van der Waals surface area contributed by atoms with Gasteiger partial charge in [-0.25, -0.2) is 0 Å². The van der Waals surface area contributed by atoms with Gasteiger partial charge in [-0.1, -0.05) is 5.16 Å². The van der Waals surface area contributed by atoms with Gasteiger partial charge in [0, 0.05) is 12.0 Å². The highest BCUT2D eigenvalue weighted by atomic mass is 16.5. The second-order valence-electron chi connectivity index (χ2n) is 3.06. The first-order valence-electron chi connectivity index (χ1n) is 4.19. The van der Waals surface area contributed by atoms with Crippen LogP contribution in [-0.4, -0.2) is 22.8 Å². The summed E-state index contributed by atoms with van der Waals surface area (Å²) < 4.78 is 5.29. The number of phenolic OH excluding ortho intramolecular Hbond substituents is 1. The summed E-state index contributed by atoms with van der Waals surface area (Å²) in [5, 5.41) is 20.8. The summed E-state index contributed by atoms with van der Waals surface area (Å²) in [6, 6.07) is 3.16. The molecule has 0 aromatic heterocycles. The molecule has 4 N–H and O–H groups in total. The van der Waals surface area contributed by atoms with Gasteiger partial charge in [0.1, 0.15) is 11.5 Å². The van der Waals surface area contributed by atoms with Crippen LogP contribution in [0.5, 0.6) is 11.5 Å². The van der Waals surface area contributed by atoms with Gasteiger partial charge in [-0.05, 0) is 12.1 Å². The molecular weight excluding hydrogens is 184 g/mol. The van der Waals surface area contributed by atoms with Gasteiger partial charge in [0.05, 0.1) is 12.2 Å². The summed E-state index contributed by atoms with van der Waals surface area (Å²) in [6.07, 6.45) is 0.777. The fourth-order valence-corrected chi connectivity index (χ4v) is 1.47. The first kappa shape index (κ1) is 8.68. The van der Waals surface area contributed by atoms with Crippen LogP contribution in [0.25, 0.3) is 0 Å². The highest BCUT2D eigenvalue weighted by molar-refractivity contribution is 6.00. The van der Waals surface area contributed by atoms with Crippen molar-refractivity contribution < 1.29 is 15.1 Å². The number of aromatic hydroxyl groups is 1. The molecule has 0 atom stereocenters. The van der Waals surface area contributed by atoms with Crippen LogP contribution in [-0.2, 0) is 6.42 Å². The first-order valence-corrected chi connectivity index (χ1v) is 4.19. The van der Waals surface area contributed by atoms with E-state index in [2.05, 4.69) is 5.16 Å². The lowest BCUT2D eigenvalue weighted by Gasteiger charge is -2.05. The van der Waals surface area contributed by atoms with E-state index in [1.807, 2.05) is 0 Å². The van der Waals surface area contributed by atoms with E-state index in [-0.39, 0.29) is 17.1 Å². The van der Waals surface area contributed by atoms with E-state index in [1.54, 1.807) is 12.1 Å². The van der Waals surface area contributed by atoms with Crippen molar-refractivity contribution in [2.45, 2.75) is 6.42 Å². The minimum absolute atomic E-state index is 0.00421. The minimum Gasteiger partial charge on any atom is -0.507 e. The predicted octanol–water partition coefficient (Wildman–Crippen LogP) is 0.422. The zero-order valence-corrected chi connectivity index (χ0v) is 7.40. The number of rotatable bonds is 1. The highest BCUT2D eigenvalue weighted by Crippen LogP contribution is 2.31. The second-order valence-corrected chi connectivity index (χ2v) is 3.06. The molecule has 5 heteroatoms. The molecule has 1 aromatic carbocycles. The van der Waals surface area contributed by atoms with E-state index in [0.717, 1.165) is 12.0 Å². The third-order valence-corrected chi connectivity index (χ3v) is 2.19. The van der Waals surface area contributed by atoms with Crippen LogP contribution >= 0.6 is 0 Å². The molecular formula is C9H10N2O3. The van der Waals surface area contributed by atoms with Crippen molar-refractivity contribution in [3.05, 3.63) is 23.3 Å². The van der Waals surface area contributed by atoms with Gasteiger partial charge in [-0.2, -0.15) is 0 Å². The monoisotopic (exact) mass is 194 g/mol. The van der Waals surface area contributed by atoms with Crippen molar-refractivity contribution in [2.24, 2.45) is 10.9 Å². The fourth-order valence-electron chi connectivity index (χ4n) is 1.47. The fraction of sp³-hybridized carbons (Fsp3) is 0.222. The van der Waals surface area contributed by atoms with Crippen molar-refractivity contribution in [3.63, 3.8) is 0 Å². The largest absolute Gasteiger partial charge is 0.507 e. The Bertz CT molecular complexity index is 401. The highest BCUT2D eigenvalue weighted by Gasteiger charge is 2.17. The third-order valence-electron chi connectivity index (χ3n) is 2.19. The lowest BCUT2D eigenvalue weighted by atomic mass is 10.1. The van der Waals surface area contributed by atoms with Crippen molar-refractivity contribution in [2.75, 3.05) is 6.61 Å². The van der Waals surface area contributed by atoms with Crippen LogP contribution in [0.4, 0.5) is 0 Å². The molecule has 1 aliphatic heterocycles. The van der Waals surface area contributed by atoms with Crippen LogP contribution in [0, 0.1) is 0 Å². The Kier molecular flexibility index (Phi) is 1.92. The van der Waals surface area contributed by atoms with E-state index in [1.165, 1.54) is 0 Å². The number of benzene rings is 1. The molecule has 14 heavy (non-hydrogen) atoms. The van der Waals surface area contributed by atoms with Gasteiger partial charge in [-0.3, -0.25) is 0 Å². The number of oxime groups is 1. The van der Waals surface area contributed by atoms with Crippen LogP contribution < -0.4 is 10.5 Å². The van der Waals surface area contributed by atoms with Gasteiger partial charge >= 0.3 is 0 Å². The number of nitrogens with zero attached hydrogens (tertiary/aromatic N) is 1. The second kappa shape index (κ2) is 3.10. The van der Waals surface area contributed by atoms with E-state index in [9.17, 15) is 5.11 Å². The molecule has 0 unspecified atom stereocenters. The smallest absolute Gasteiger partial charge is 0.173 e. The number of phenols is 1. The summed E-state index contributed by atoms with van der Waals surface area (Å²) in [5.74, 6) is 0.565. The molecule has 5 nitrogen and oxygen atoms in total. The maximum Gasteiger partial charge on any atom is 0.173 e. The van der Waals surface area contributed by atoms with Gasteiger partial charge in [0.25, 0.3) is 0 Å². The molecule has 0 radical (unpaired) electrons. The summed E-state index contributed by atoms with van der Waals surface area (Å²) in [5.41, 5.74) is 6.60. The van der Waals surface area contributed by atoms with Crippen molar-refractivity contribution >= 4 is 5.84 Å². The van der Waals surface area contributed by atoms with Gasteiger partial charge < -0.3 is 20.8 Å². The Labute approximate surface area is 80.4 Å². The number of hydrogen-bond donors (Lipinski definition) is 3. The zero-order chi connectivity index (χ0) is 10.1. The lowest BCUT2D eigenvalue weighted by molar-refractivity contribution is 0.318. The Balaban J connectivity index is 2.53. The van der Waals surface area contributed by atoms with Gasteiger partial charge in [-0.15, -0.1) is 0 Å². The van der Waals surface area contributed by atoms with Gasteiger partial charge in [0.2, 0.25) is 0 Å². The standard InChI is InChI=1S/C9H10N2O3/c10-9(11-13)6-4-8-5(1-2-14-8)3-7(6)12/h3-4,12-13H,1-2H2,(H2,10,11). The Morgan fingerprint density at radius 1 is 1.50 bits per heavy atom. The average molecular weight is 194 g/mol. The van der Waals surface area contributed by atoms with Crippen LogP contribution in [0.2, 0.25) is 0 Å². The molecule has 0 aliphatic carbocycles. The summed E-state index contributed by atoms with van der Waals surface area (Å²) >= 11 is 0. The van der Waals surface area contributed by atoms with Crippen molar-refractivity contribution in [1.82, 2.24) is 0 Å². The molecule has 2 rings (SSSR count). The molecule has 0 bridgehead atoms. The average Bonchev–Trinajstić information content (AvgIpc) is 2.62. The van der Waals surface area contributed by atoms with Crippen LogP contribution in [0.15, 0.2) is 17.3 Å². The maximum absolute atomic E-state index is 9.55.